The molecule has 3 rings (SSSR count). The lowest BCUT2D eigenvalue weighted by molar-refractivity contribution is -0.124. The number of H-pyrrole nitrogens is 1. The number of hydrogen-bond acceptors (Lipinski definition) is 1. The van der Waals surface area contributed by atoms with Gasteiger partial charge in [0.15, 0.2) is 0 Å². The lowest BCUT2D eigenvalue weighted by Gasteiger charge is -2.12. The van der Waals surface area contributed by atoms with E-state index in [1.165, 1.54) is 10.9 Å². The zero-order valence-corrected chi connectivity index (χ0v) is 14.6. The van der Waals surface area contributed by atoms with Crippen LogP contribution in [-0.4, -0.2) is 10.9 Å². The molecule has 0 aliphatic heterocycles. The van der Waals surface area contributed by atoms with Crippen molar-refractivity contribution >= 4 is 32.7 Å². The Morgan fingerprint density at radius 2 is 1.87 bits per heavy atom. The van der Waals surface area contributed by atoms with Crippen molar-refractivity contribution in [3.8, 4) is 0 Å². The summed E-state index contributed by atoms with van der Waals surface area (Å²) in [7, 11) is 0. The molecule has 1 heterocycles. The van der Waals surface area contributed by atoms with Crippen LogP contribution in [0.25, 0.3) is 10.9 Å². The van der Waals surface area contributed by atoms with Crippen molar-refractivity contribution in [1.82, 2.24) is 10.3 Å². The molecule has 2 N–H and O–H groups in total. The summed E-state index contributed by atoms with van der Waals surface area (Å²) < 4.78 is 1.02. The summed E-state index contributed by atoms with van der Waals surface area (Å²) in [5.41, 5.74) is 3.38. The van der Waals surface area contributed by atoms with Crippen LogP contribution >= 0.6 is 15.9 Å². The first-order valence-corrected chi connectivity index (χ1v) is 8.50. The van der Waals surface area contributed by atoms with Crippen molar-refractivity contribution in [3.63, 3.8) is 0 Å². The number of benzene rings is 2. The van der Waals surface area contributed by atoms with Crippen molar-refractivity contribution in [3.05, 3.63) is 70.3 Å². The van der Waals surface area contributed by atoms with Crippen molar-refractivity contribution < 1.29 is 4.79 Å². The number of nitrogens with one attached hydrogen (secondary N) is 2. The SMILES string of the molecule is CC(Cc1c[nH]c2ccccc12)C(=O)NCc1ccccc1Br. The van der Waals surface area contributed by atoms with Gasteiger partial charge in [-0.3, -0.25) is 4.79 Å². The minimum Gasteiger partial charge on any atom is -0.361 e. The minimum atomic E-state index is -0.0725. The highest BCUT2D eigenvalue weighted by molar-refractivity contribution is 9.10. The van der Waals surface area contributed by atoms with E-state index in [1.807, 2.05) is 49.5 Å². The van der Waals surface area contributed by atoms with E-state index in [2.05, 4.69) is 38.4 Å². The average molecular weight is 371 g/mol. The molecule has 1 atom stereocenters. The predicted molar refractivity (Wildman–Crippen MR) is 97.2 cm³/mol. The second-order valence-electron chi connectivity index (χ2n) is 5.77. The summed E-state index contributed by atoms with van der Waals surface area (Å²) in [5, 5.41) is 4.21. The van der Waals surface area contributed by atoms with Gasteiger partial charge in [-0.1, -0.05) is 59.3 Å². The monoisotopic (exact) mass is 370 g/mol. The number of amides is 1. The Morgan fingerprint density at radius 1 is 1.13 bits per heavy atom. The van der Waals surface area contributed by atoms with Crippen LogP contribution in [0.2, 0.25) is 0 Å². The van der Waals surface area contributed by atoms with Gasteiger partial charge < -0.3 is 10.3 Å². The Hall–Kier alpha value is -2.07. The van der Waals surface area contributed by atoms with E-state index in [9.17, 15) is 4.79 Å². The third-order valence-electron chi connectivity index (χ3n) is 4.06. The van der Waals surface area contributed by atoms with Crippen molar-refractivity contribution in [2.24, 2.45) is 5.92 Å². The molecule has 1 unspecified atom stereocenters. The van der Waals surface area contributed by atoms with Gasteiger partial charge in [-0.2, -0.15) is 0 Å². The van der Waals surface area contributed by atoms with E-state index < -0.39 is 0 Å². The first kappa shape index (κ1) is 15.8. The topological polar surface area (TPSA) is 44.9 Å². The van der Waals surface area contributed by atoms with Crippen LogP contribution in [0.1, 0.15) is 18.1 Å². The van der Waals surface area contributed by atoms with Gasteiger partial charge in [-0.05, 0) is 29.7 Å². The molecule has 0 spiro atoms. The largest absolute Gasteiger partial charge is 0.361 e. The van der Waals surface area contributed by atoms with E-state index in [4.69, 9.17) is 0 Å². The first-order valence-electron chi connectivity index (χ1n) is 7.71. The van der Waals surface area contributed by atoms with Crippen LogP contribution in [0, 0.1) is 5.92 Å². The molecule has 3 nitrogen and oxygen atoms in total. The molecule has 4 heteroatoms. The van der Waals surface area contributed by atoms with Gasteiger partial charge in [0.05, 0.1) is 0 Å². The lowest BCUT2D eigenvalue weighted by atomic mass is 10.00. The second kappa shape index (κ2) is 7.01. The van der Waals surface area contributed by atoms with E-state index in [0.717, 1.165) is 22.0 Å². The third-order valence-corrected chi connectivity index (χ3v) is 4.83. The first-order chi connectivity index (χ1) is 11.1. The quantitative estimate of drug-likeness (QED) is 0.685. The summed E-state index contributed by atoms with van der Waals surface area (Å²) in [6, 6.07) is 16.1. The average Bonchev–Trinajstić information content (AvgIpc) is 2.97. The summed E-state index contributed by atoms with van der Waals surface area (Å²) in [6.45, 7) is 2.51. The van der Waals surface area contributed by atoms with Gasteiger partial charge in [-0.15, -0.1) is 0 Å². The smallest absolute Gasteiger partial charge is 0.223 e. The molecule has 3 aromatic rings. The highest BCUT2D eigenvalue weighted by Crippen LogP contribution is 2.21. The maximum Gasteiger partial charge on any atom is 0.223 e. The Bertz CT molecular complexity index is 825. The molecule has 118 valence electrons. The van der Waals surface area contributed by atoms with Gasteiger partial charge in [0, 0.05) is 34.0 Å². The number of para-hydroxylation sites is 1. The van der Waals surface area contributed by atoms with Crippen LogP contribution in [0.5, 0.6) is 0 Å². The zero-order valence-electron chi connectivity index (χ0n) is 13.0. The molecule has 0 bridgehead atoms. The fourth-order valence-electron chi connectivity index (χ4n) is 2.72. The molecule has 0 saturated carbocycles. The van der Waals surface area contributed by atoms with Crippen LogP contribution in [-0.2, 0) is 17.8 Å². The van der Waals surface area contributed by atoms with Crippen molar-refractivity contribution in [1.29, 1.82) is 0 Å². The molecule has 0 saturated heterocycles. The molecule has 1 amide bonds. The van der Waals surface area contributed by atoms with Crippen LogP contribution in [0.15, 0.2) is 59.2 Å². The van der Waals surface area contributed by atoms with Gasteiger partial charge >= 0.3 is 0 Å². The molecule has 0 aliphatic rings. The maximum absolute atomic E-state index is 12.4. The lowest BCUT2D eigenvalue weighted by Crippen LogP contribution is -2.29. The van der Waals surface area contributed by atoms with E-state index in [-0.39, 0.29) is 11.8 Å². The van der Waals surface area contributed by atoms with Crippen molar-refractivity contribution in [2.75, 3.05) is 0 Å². The third kappa shape index (κ3) is 3.64. The van der Waals surface area contributed by atoms with Gasteiger partial charge in [0.2, 0.25) is 5.91 Å². The standard InChI is InChI=1S/C19H19BrN2O/c1-13(10-15-12-21-18-9-5-3-7-16(15)18)19(23)22-11-14-6-2-4-8-17(14)20/h2-9,12-13,21H,10-11H2,1H3,(H,22,23). The molecule has 0 radical (unpaired) electrons. The highest BCUT2D eigenvalue weighted by atomic mass is 79.9. The van der Waals surface area contributed by atoms with Crippen LogP contribution in [0.4, 0.5) is 0 Å². The summed E-state index contributed by atoms with van der Waals surface area (Å²) in [5.74, 6) is 0.00253. The van der Waals surface area contributed by atoms with Crippen LogP contribution < -0.4 is 5.32 Å². The van der Waals surface area contributed by atoms with Gasteiger partial charge in [-0.25, -0.2) is 0 Å². The van der Waals surface area contributed by atoms with Gasteiger partial charge in [0.1, 0.15) is 0 Å². The molecule has 1 aromatic heterocycles. The molecular formula is C19H19BrN2O. The summed E-state index contributed by atoms with van der Waals surface area (Å²) in [6.07, 6.45) is 2.73. The number of carbonyl (C=O) groups excluding carboxylic acids is 1. The molecule has 2 aromatic carbocycles. The maximum atomic E-state index is 12.4. The molecule has 23 heavy (non-hydrogen) atoms. The number of fused-ring (bicyclic) bond motifs is 1. The fourth-order valence-corrected chi connectivity index (χ4v) is 3.15. The Balaban J connectivity index is 1.63. The Morgan fingerprint density at radius 3 is 2.70 bits per heavy atom. The normalized spacial score (nSPS) is 12.3. The number of aromatic nitrogens is 1. The van der Waals surface area contributed by atoms with Crippen LogP contribution in [0.3, 0.4) is 0 Å². The Kier molecular flexibility index (Phi) is 4.82. The van der Waals surface area contributed by atoms with E-state index in [0.29, 0.717) is 6.54 Å². The summed E-state index contributed by atoms with van der Waals surface area (Å²) in [4.78, 5) is 15.6. The molecular weight excluding hydrogens is 352 g/mol. The van der Waals surface area contributed by atoms with Crippen molar-refractivity contribution in [2.45, 2.75) is 19.9 Å². The minimum absolute atomic E-state index is 0.0725. The number of aromatic amines is 1. The molecule has 0 fully saturated rings. The van der Waals surface area contributed by atoms with E-state index >= 15 is 0 Å². The zero-order chi connectivity index (χ0) is 16.2. The predicted octanol–water partition coefficient (Wildman–Crippen LogP) is 4.43. The number of rotatable bonds is 5. The Labute approximate surface area is 144 Å². The number of halogens is 1. The van der Waals surface area contributed by atoms with Gasteiger partial charge in [0.25, 0.3) is 0 Å². The second-order valence-corrected chi connectivity index (χ2v) is 6.63. The fraction of sp³-hybridized carbons (Fsp3) is 0.211. The number of carbonyl (C=O) groups is 1. The molecule has 0 aliphatic carbocycles. The highest BCUT2D eigenvalue weighted by Gasteiger charge is 2.15. The van der Waals surface area contributed by atoms with E-state index in [1.54, 1.807) is 0 Å². The number of hydrogen-bond donors (Lipinski definition) is 2. The summed E-state index contributed by atoms with van der Waals surface area (Å²) >= 11 is 3.50.